The zero-order valence-electron chi connectivity index (χ0n) is 26.0. The number of nitrogens with one attached hydrogen (secondary N) is 1. The van der Waals surface area contributed by atoms with E-state index in [4.69, 9.17) is 33.2 Å². The number of fused-ring (bicyclic) bond motifs is 3. The van der Waals surface area contributed by atoms with E-state index in [1.54, 1.807) is 0 Å². The molecule has 2 aliphatic rings. The Morgan fingerprint density at radius 2 is 1.26 bits per heavy atom. The summed E-state index contributed by atoms with van der Waals surface area (Å²) in [6.07, 6.45) is -8.49. The maximum atomic E-state index is 12.8. The van der Waals surface area contributed by atoms with Crippen LogP contribution in [0, 0.1) is 0 Å². The van der Waals surface area contributed by atoms with Gasteiger partial charge in [0.1, 0.15) is 19.3 Å². The monoisotopic (exact) mass is 657 g/mol. The van der Waals surface area contributed by atoms with Crippen LogP contribution in [-0.4, -0.2) is 97.6 Å². The molecule has 1 aliphatic carbocycles. The molecule has 15 nitrogen and oxygen atoms in total. The van der Waals surface area contributed by atoms with Gasteiger partial charge in [0.05, 0.1) is 6.61 Å². The Hall–Kier alpha value is -5.02. The van der Waals surface area contributed by atoms with E-state index in [0.717, 1.165) is 49.9 Å². The fourth-order valence-corrected chi connectivity index (χ4v) is 5.47. The number of amides is 1. The van der Waals surface area contributed by atoms with Gasteiger partial charge in [-0.05, 0) is 22.3 Å². The van der Waals surface area contributed by atoms with Crippen LogP contribution in [0.2, 0.25) is 0 Å². The predicted molar refractivity (Wildman–Crippen MR) is 158 cm³/mol. The Balaban J connectivity index is 1.48. The lowest BCUT2D eigenvalue weighted by molar-refractivity contribution is -0.308. The van der Waals surface area contributed by atoms with Gasteiger partial charge in [0, 0.05) is 33.6 Å². The first kappa shape index (κ1) is 34.8. The highest BCUT2D eigenvalue weighted by Gasteiger charge is 2.53. The molecule has 0 saturated carbocycles. The molecule has 2 N–H and O–H groups in total. The Morgan fingerprint density at radius 3 is 1.79 bits per heavy atom. The van der Waals surface area contributed by atoms with Crippen LogP contribution in [0.15, 0.2) is 48.5 Å². The second-order valence-corrected chi connectivity index (χ2v) is 10.8. The fourth-order valence-electron chi connectivity index (χ4n) is 5.47. The third-order valence-corrected chi connectivity index (χ3v) is 7.31. The summed E-state index contributed by atoms with van der Waals surface area (Å²) >= 11 is 0. The largest absolute Gasteiger partial charge is 0.480 e. The summed E-state index contributed by atoms with van der Waals surface area (Å²) in [4.78, 5) is 72.4. The number of carbonyl (C=O) groups is 6. The molecule has 1 amide bonds. The van der Waals surface area contributed by atoms with Crippen molar-refractivity contribution in [2.24, 2.45) is 0 Å². The highest BCUT2D eigenvalue weighted by Crippen LogP contribution is 2.44. The number of carboxylic acid groups (broad SMARTS) is 1. The average molecular weight is 658 g/mol. The lowest BCUT2D eigenvalue weighted by Crippen LogP contribution is -2.63. The van der Waals surface area contributed by atoms with Crippen LogP contribution in [0.1, 0.15) is 44.7 Å². The van der Waals surface area contributed by atoms with Gasteiger partial charge in [0.15, 0.2) is 30.6 Å². The first-order valence-electron chi connectivity index (χ1n) is 14.6. The summed E-state index contributed by atoms with van der Waals surface area (Å²) in [5, 5.41) is 12.1. The van der Waals surface area contributed by atoms with Crippen molar-refractivity contribution in [3.05, 3.63) is 59.7 Å². The first-order chi connectivity index (χ1) is 22.3. The van der Waals surface area contributed by atoms with Crippen LogP contribution in [0.5, 0.6) is 0 Å². The van der Waals surface area contributed by atoms with E-state index in [2.05, 4.69) is 5.32 Å². The molecule has 0 unspecified atom stereocenters. The summed E-state index contributed by atoms with van der Waals surface area (Å²) < 4.78 is 37.9. The molecule has 15 heteroatoms. The zero-order chi connectivity index (χ0) is 34.2. The number of hydrogen-bond acceptors (Lipinski definition) is 13. The van der Waals surface area contributed by atoms with Gasteiger partial charge in [-0.15, -0.1) is 0 Å². The third-order valence-electron chi connectivity index (χ3n) is 7.31. The highest BCUT2D eigenvalue weighted by atomic mass is 16.7. The van der Waals surface area contributed by atoms with Crippen molar-refractivity contribution in [1.29, 1.82) is 0 Å². The molecule has 0 aromatic heterocycles. The molecule has 0 radical (unpaired) electrons. The molecule has 1 heterocycles. The minimum absolute atomic E-state index is 0.0766. The van der Waals surface area contributed by atoms with Gasteiger partial charge < -0.3 is 43.6 Å². The highest BCUT2D eigenvalue weighted by molar-refractivity contribution is 5.81. The molecule has 6 atom stereocenters. The maximum absolute atomic E-state index is 12.8. The number of hydrogen-bond donors (Lipinski definition) is 2. The summed E-state index contributed by atoms with van der Waals surface area (Å²) in [5.74, 6) is -5.01. The Kier molecular flexibility index (Phi) is 11.5. The van der Waals surface area contributed by atoms with Gasteiger partial charge in [0.2, 0.25) is 0 Å². The molecular formula is C32H35NO14. The molecule has 1 fully saturated rings. The minimum Gasteiger partial charge on any atom is -0.480 e. The van der Waals surface area contributed by atoms with Gasteiger partial charge in [-0.2, -0.15) is 0 Å². The van der Waals surface area contributed by atoms with Gasteiger partial charge >= 0.3 is 35.9 Å². The second kappa shape index (κ2) is 15.5. The SMILES string of the molecule is CC(=O)OC[C@H]1O[C@H](OC[C@@H](NC(=O)OCC2c3ccccc3-c3ccccc32)C(=O)O)[C@@H](OC(C)=O)[C@@H](OC(C)=O)[C@@H]1OC(C)=O. The molecule has 1 saturated heterocycles. The number of carboxylic acids is 1. The number of ether oxygens (including phenoxy) is 7. The molecule has 1 aliphatic heterocycles. The van der Waals surface area contributed by atoms with Crippen LogP contribution >= 0.6 is 0 Å². The van der Waals surface area contributed by atoms with Crippen LogP contribution in [-0.2, 0) is 57.1 Å². The molecule has 2 aromatic rings. The van der Waals surface area contributed by atoms with Crippen molar-refractivity contribution < 1.29 is 67.0 Å². The van der Waals surface area contributed by atoms with Gasteiger partial charge in [-0.25, -0.2) is 9.59 Å². The van der Waals surface area contributed by atoms with Crippen LogP contribution in [0.3, 0.4) is 0 Å². The Labute approximate surface area is 269 Å². The molecule has 47 heavy (non-hydrogen) atoms. The van der Waals surface area contributed by atoms with E-state index in [9.17, 15) is 33.9 Å². The number of alkyl carbamates (subject to hydrolysis) is 1. The van der Waals surface area contributed by atoms with Gasteiger partial charge in [-0.1, -0.05) is 48.5 Å². The van der Waals surface area contributed by atoms with Crippen LogP contribution in [0.4, 0.5) is 4.79 Å². The molecular weight excluding hydrogens is 622 g/mol. The number of benzene rings is 2. The van der Waals surface area contributed by atoms with E-state index in [-0.39, 0.29) is 12.5 Å². The van der Waals surface area contributed by atoms with Crippen LogP contribution < -0.4 is 5.32 Å². The van der Waals surface area contributed by atoms with Crippen molar-refractivity contribution >= 4 is 35.9 Å². The topological polar surface area (TPSA) is 199 Å². The standard InChI is InChI=1S/C32H35NO14/c1-16(34)41-15-26-27(44-17(2)35)28(45-18(3)36)29(46-19(4)37)31(47-26)42-14-25(30(38)39)33-32(40)43-13-24-22-11-7-5-9-20(22)21-10-6-8-12-23(21)24/h5-12,24-29,31H,13-15H2,1-4H3,(H,33,40)(H,38,39)/t25-,26-,27-,28+,29+,31+/m1/s1. The lowest BCUT2D eigenvalue weighted by atomic mass is 9.98. The summed E-state index contributed by atoms with van der Waals surface area (Å²) in [6.45, 7) is 2.98. The van der Waals surface area contributed by atoms with Crippen molar-refractivity contribution in [3.8, 4) is 11.1 Å². The fraction of sp³-hybridized carbons (Fsp3) is 0.438. The van der Waals surface area contributed by atoms with E-state index in [1.165, 1.54) is 0 Å². The zero-order valence-corrected chi connectivity index (χ0v) is 26.0. The Bertz CT molecular complexity index is 1460. The summed E-state index contributed by atoms with van der Waals surface area (Å²) in [6, 6.07) is 13.7. The Morgan fingerprint density at radius 1 is 0.723 bits per heavy atom. The lowest BCUT2D eigenvalue weighted by Gasteiger charge is -2.44. The van der Waals surface area contributed by atoms with Gasteiger partial charge in [-0.3, -0.25) is 19.2 Å². The van der Waals surface area contributed by atoms with Crippen molar-refractivity contribution in [1.82, 2.24) is 5.32 Å². The van der Waals surface area contributed by atoms with Crippen LogP contribution in [0.25, 0.3) is 11.1 Å². The van der Waals surface area contributed by atoms with E-state index in [1.807, 2.05) is 48.5 Å². The number of rotatable bonds is 12. The average Bonchev–Trinajstić information content (AvgIpc) is 3.32. The van der Waals surface area contributed by atoms with Gasteiger partial charge in [0.25, 0.3) is 0 Å². The van der Waals surface area contributed by atoms with Crippen molar-refractivity contribution in [3.63, 3.8) is 0 Å². The van der Waals surface area contributed by atoms with E-state index in [0.29, 0.717) is 0 Å². The smallest absolute Gasteiger partial charge is 0.407 e. The molecule has 0 bridgehead atoms. The van der Waals surface area contributed by atoms with E-state index < -0.39 is 85.9 Å². The summed E-state index contributed by atoms with van der Waals surface area (Å²) in [5.41, 5.74) is 3.95. The number of aliphatic carboxylic acids is 1. The molecule has 2 aromatic carbocycles. The van der Waals surface area contributed by atoms with Crippen molar-refractivity contribution in [2.45, 2.75) is 70.4 Å². The van der Waals surface area contributed by atoms with E-state index >= 15 is 0 Å². The molecule has 4 rings (SSSR count). The maximum Gasteiger partial charge on any atom is 0.407 e. The summed E-state index contributed by atoms with van der Waals surface area (Å²) in [7, 11) is 0. The third kappa shape index (κ3) is 8.83. The minimum atomic E-state index is -1.68. The number of carbonyl (C=O) groups excluding carboxylic acids is 5. The second-order valence-electron chi connectivity index (χ2n) is 10.8. The molecule has 0 spiro atoms. The normalized spacial score (nSPS) is 22.1. The predicted octanol–water partition coefficient (Wildman–Crippen LogP) is 2.08. The molecule has 252 valence electrons. The van der Waals surface area contributed by atoms with Crippen molar-refractivity contribution in [2.75, 3.05) is 19.8 Å². The quantitative estimate of drug-likeness (QED) is 0.248. The first-order valence-corrected chi connectivity index (χ1v) is 14.6. The number of esters is 4.